The van der Waals surface area contributed by atoms with Gasteiger partial charge in [0, 0.05) is 6.42 Å². The molecule has 1 aromatic heterocycles. The zero-order valence-electron chi connectivity index (χ0n) is 11.3. The molecule has 0 aliphatic rings. The van der Waals surface area contributed by atoms with Gasteiger partial charge in [-0.3, -0.25) is 4.90 Å². The van der Waals surface area contributed by atoms with Crippen LogP contribution in [0, 0.1) is 5.82 Å². The molecule has 1 heterocycles. The van der Waals surface area contributed by atoms with E-state index in [-0.39, 0.29) is 5.82 Å². The van der Waals surface area contributed by atoms with E-state index in [0.717, 1.165) is 18.7 Å². The third-order valence-electron chi connectivity index (χ3n) is 3.01. The molecule has 0 amide bonds. The molecule has 0 bridgehead atoms. The van der Waals surface area contributed by atoms with E-state index in [1.807, 2.05) is 6.07 Å². The van der Waals surface area contributed by atoms with Crippen LogP contribution in [0.15, 0.2) is 28.8 Å². The average molecular weight is 263 g/mol. The number of halogens is 1. The molecule has 1 aromatic carbocycles. The highest BCUT2D eigenvalue weighted by Gasteiger charge is 2.10. The van der Waals surface area contributed by atoms with E-state index in [2.05, 4.69) is 28.9 Å². The lowest BCUT2D eigenvalue weighted by Crippen LogP contribution is -2.22. The highest BCUT2D eigenvalue weighted by atomic mass is 19.1. The zero-order chi connectivity index (χ0) is 13.7. The maximum atomic E-state index is 13.1. The predicted octanol–water partition coefficient (Wildman–Crippen LogP) is 2.64. The summed E-state index contributed by atoms with van der Waals surface area (Å²) < 4.78 is 18.3. The van der Waals surface area contributed by atoms with E-state index >= 15 is 0 Å². The highest BCUT2D eigenvalue weighted by molar-refractivity contribution is 5.19. The molecular formula is C14H18FN3O. The van der Waals surface area contributed by atoms with E-state index in [1.54, 1.807) is 6.07 Å². The van der Waals surface area contributed by atoms with Crippen LogP contribution in [-0.4, -0.2) is 28.1 Å². The molecule has 0 fully saturated rings. The van der Waals surface area contributed by atoms with E-state index in [4.69, 9.17) is 4.52 Å². The van der Waals surface area contributed by atoms with Crippen LogP contribution in [0.5, 0.6) is 0 Å². The largest absolute Gasteiger partial charge is 0.338 e. The molecule has 0 unspecified atom stereocenters. The Hall–Kier alpha value is -1.75. The van der Waals surface area contributed by atoms with E-state index in [0.29, 0.717) is 24.7 Å². The Morgan fingerprint density at radius 3 is 2.74 bits per heavy atom. The lowest BCUT2D eigenvalue weighted by molar-refractivity contribution is 0.246. The van der Waals surface area contributed by atoms with Gasteiger partial charge in [0.05, 0.1) is 6.54 Å². The number of aromatic nitrogens is 2. The molecular weight excluding hydrogens is 245 g/mol. The number of hydrogen-bond donors (Lipinski definition) is 0. The van der Waals surface area contributed by atoms with Crippen LogP contribution in [0.3, 0.4) is 0 Å². The lowest BCUT2D eigenvalue weighted by Gasteiger charge is -2.14. The van der Waals surface area contributed by atoms with Crippen LogP contribution in [0.25, 0.3) is 0 Å². The fourth-order valence-corrected chi connectivity index (χ4v) is 1.89. The Bertz CT molecular complexity index is 523. The predicted molar refractivity (Wildman–Crippen MR) is 70.1 cm³/mol. The summed E-state index contributed by atoms with van der Waals surface area (Å²) in [6.07, 6.45) is 0.486. The van der Waals surface area contributed by atoms with Crippen LogP contribution in [-0.2, 0) is 13.0 Å². The van der Waals surface area contributed by atoms with Crippen molar-refractivity contribution >= 4 is 0 Å². The first kappa shape index (κ1) is 13.7. The van der Waals surface area contributed by atoms with Gasteiger partial charge < -0.3 is 4.52 Å². The Labute approximate surface area is 112 Å². The summed E-state index contributed by atoms with van der Waals surface area (Å²) in [5.41, 5.74) is 0.843. The molecule has 2 aromatic rings. The van der Waals surface area contributed by atoms with Crippen molar-refractivity contribution in [2.24, 2.45) is 0 Å². The van der Waals surface area contributed by atoms with Crippen molar-refractivity contribution in [3.05, 3.63) is 47.4 Å². The summed E-state index contributed by atoms with van der Waals surface area (Å²) in [6, 6.07) is 6.44. The van der Waals surface area contributed by atoms with Gasteiger partial charge in [0.25, 0.3) is 0 Å². The molecule has 102 valence electrons. The van der Waals surface area contributed by atoms with Crippen LogP contribution in [0.2, 0.25) is 0 Å². The topological polar surface area (TPSA) is 42.2 Å². The monoisotopic (exact) mass is 263 g/mol. The normalized spacial score (nSPS) is 11.2. The highest BCUT2D eigenvalue weighted by Crippen LogP contribution is 2.09. The van der Waals surface area contributed by atoms with Crippen molar-refractivity contribution in [1.82, 2.24) is 15.0 Å². The minimum absolute atomic E-state index is 0.246. The summed E-state index contributed by atoms with van der Waals surface area (Å²) in [5.74, 6) is 0.951. The SMILES string of the molecule is CCN(CC)Cc1nc(Cc2cccc(F)c2)no1. The molecule has 0 aliphatic heterocycles. The first-order valence-corrected chi connectivity index (χ1v) is 6.49. The van der Waals surface area contributed by atoms with E-state index < -0.39 is 0 Å². The molecule has 0 atom stereocenters. The minimum Gasteiger partial charge on any atom is -0.338 e. The van der Waals surface area contributed by atoms with Crippen molar-refractivity contribution in [2.45, 2.75) is 26.8 Å². The van der Waals surface area contributed by atoms with Crippen LogP contribution >= 0.6 is 0 Å². The molecule has 0 aliphatic carbocycles. The molecule has 19 heavy (non-hydrogen) atoms. The fourth-order valence-electron chi connectivity index (χ4n) is 1.89. The maximum Gasteiger partial charge on any atom is 0.240 e. The van der Waals surface area contributed by atoms with Crippen molar-refractivity contribution in [3.8, 4) is 0 Å². The van der Waals surface area contributed by atoms with Crippen molar-refractivity contribution in [3.63, 3.8) is 0 Å². The van der Waals surface area contributed by atoms with Gasteiger partial charge in [0.2, 0.25) is 5.89 Å². The third kappa shape index (κ3) is 3.86. The Morgan fingerprint density at radius 2 is 2.05 bits per heavy atom. The fraction of sp³-hybridized carbons (Fsp3) is 0.429. The molecule has 4 nitrogen and oxygen atoms in total. The quantitative estimate of drug-likeness (QED) is 0.803. The molecule has 5 heteroatoms. The van der Waals surface area contributed by atoms with Gasteiger partial charge in [0.15, 0.2) is 5.82 Å². The lowest BCUT2D eigenvalue weighted by atomic mass is 10.1. The van der Waals surface area contributed by atoms with Gasteiger partial charge in [-0.15, -0.1) is 0 Å². The minimum atomic E-state index is -0.246. The number of hydrogen-bond acceptors (Lipinski definition) is 4. The van der Waals surface area contributed by atoms with Crippen LogP contribution in [0.1, 0.15) is 31.1 Å². The summed E-state index contributed by atoms with van der Waals surface area (Å²) >= 11 is 0. The van der Waals surface area contributed by atoms with Gasteiger partial charge in [-0.1, -0.05) is 31.1 Å². The zero-order valence-corrected chi connectivity index (χ0v) is 11.3. The van der Waals surface area contributed by atoms with E-state index in [1.165, 1.54) is 12.1 Å². The smallest absolute Gasteiger partial charge is 0.240 e. The van der Waals surface area contributed by atoms with Gasteiger partial charge in [0.1, 0.15) is 5.82 Å². The molecule has 0 saturated carbocycles. The van der Waals surface area contributed by atoms with Crippen LogP contribution in [0.4, 0.5) is 4.39 Å². The summed E-state index contributed by atoms with van der Waals surface area (Å²) in [5, 5.41) is 3.93. The number of benzene rings is 1. The summed E-state index contributed by atoms with van der Waals surface area (Å²) in [7, 11) is 0. The first-order chi connectivity index (χ1) is 9.21. The molecule has 0 saturated heterocycles. The van der Waals surface area contributed by atoms with Gasteiger partial charge in [-0.25, -0.2) is 4.39 Å². The average Bonchev–Trinajstić information content (AvgIpc) is 2.83. The molecule has 0 spiro atoms. The van der Waals surface area contributed by atoms with Gasteiger partial charge >= 0.3 is 0 Å². The Kier molecular flexibility index (Phi) is 4.63. The van der Waals surface area contributed by atoms with Crippen molar-refractivity contribution in [1.29, 1.82) is 0 Å². The third-order valence-corrected chi connectivity index (χ3v) is 3.01. The van der Waals surface area contributed by atoms with Crippen LogP contribution < -0.4 is 0 Å². The summed E-state index contributed by atoms with van der Waals surface area (Å²) in [4.78, 5) is 6.52. The van der Waals surface area contributed by atoms with Gasteiger partial charge in [-0.05, 0) is 30.8 Å². The van der Waals surface area contributed by atoms with E-state index in [9.17, 15) is 4.39 Å². The first-order valence-electron chi connectivity index (χ1n) is 6.49. The summed E-state index contributed by atoms with van der Waals surface area (Å²) in [6.45, 7) is 6.72. The van der Waals surface area contributed by atoms with Crippen molar-refractivity contribution in [2.75, 3.05) is 13.1 Å². The second kappa shape index (κ2) is 6.43. The Morgan fingerprint density at radius 1 is 1.26 bits per heavy atom. The molecule has 0 N–H and O–H groups in total. The molecule has 0 radical (unpaired) electrons. The molecule has 2 rings (SSSR count). The number of nitrogens with zero attached hydrogens (tertiary/aromatic N) is 3. The number of rotatable bonds is 6. The Balaban J connectivity index is 2.01. The maximum absolute atomic E-state index is 13.1. The van der Waals surface area contributed by atoms with Gasteiger partial charge in [-0.2, -0.15) is 4.98 Å². The standard InChI is InChI=1S/C14H18FN3O/c1-3-18(4-2)10-14-16-13(17-19-14)9-11-6-5-7-12(15)8-11/h5-8H,3-4,9-10H2,1-2H3. The second-order valence-electron chi connectivity index (χ2n) is 4.37. The van der Waals surface area contributed by atoms with Crippen molar-refractivity contribution < 1.29 is 8.91 Å². The second-order valence-corrected chi connectivity index (χ2v) is 4.37.